The zero-order valence-corrected chi connectivity index (χ0v) is 38.2. The summed E-state index contributed by atoms with van der Waals surface area (Å²) < 4.78 is 63.0. The number of benzene rings is 2. The van der Waals surface area contributed by atoms with Gasteiger partial charge in [0.05, 0.1) is 32.5 Å². The molecule has 5 saturated heterocycles. The van der Waals surface area contributed by atoms with Crippen LogP contribution in [0.4, 0.5) is 0 Å². The Morgan fingerprint density at radius 2 is 1.11 bits per heavy atom. The first-order chi connectivity index (χ1) is 34.6. The molecule has 9 unspecified atom stereocenters. The molecule has 0 radical (unpaired) electrons. The minimum Gasteiger partial charge on any atom is -0.508 e. The first-order valence-corrected chi connectivity index (χ1v) is 22.8. The van der Waals surface area contributed by atoms with Gasteiger partial charge < -0.3 is 139 Å². The lowest BCUT2D eigenvalue weighted by Gasteiger charge is -2.47. The van der Waals surface area contributed by atoms with E-state index >= 15 is 0 Å². The average molecular weight is 1050 g/mol. The van der Waals surface area contributed by atoms with Gasteiger partial charge in [-0.25, -0.2) is 0 Å². The van der Waals surface area contributed by atoms with Crippen LogP contribution in [0.15, 0.2) is 45.6 Å². The molecule has 29 nitrogen and oxygen atoms in total. The van der Waals surface area contributed by atoms with E-state index < -0.39 is 208 Å². The number of aliphatic hydroxyl groups is 14. The fourth-order valence-electron chi connectivity index (χ4n) is 8.92. The molecule has 2 aromatic carbocycles. The van der Waals surface area contributed by atoms with Crippen LogP contribution in [0, 0.1) is 0 Å². The molecule has 3 aromatic rings. The first-order valence-electron chi connectivity index (χ1n) is 22.8. The Kier molecular flexibility index (Phi) is 17.1. The van der Waals surface area contributed by atoms with Crippen LogP contribution < -0.4 is 10.2 Å². The zero-order valence-electron chi connectivity index (χ0n) is 38.2. The molecule has 29 heteroatoms. The molecule has 0 aliphatic carbocycles. The minimum atomic E-state index is -2.16. The van der Waals surface area contributed by atoms with E-state index in [1.807, 2.05) is 0 Å². The van der Waals surface area contributed by atoms with Crippen molar-refractivity contribution in [3.8, 4) is 34.3 Å². The van der Waals surface area contributed by atoms with Crippen molar-refractivity contribution in [1.82, 2.24) is 0 Å². The third-order valence-corrected chi connectivity index (χ3v) is 13.2. The van der Waals surface area contributed by atoms with Crippen molar-refractivity contribution < 1.29 is 139 Å². The number of fused-ring (bicyclic) bond motifs is 1. The SMILES string of the molecule is CC1O[C@@H](OCC2O[C@@H](Oc3c(-c4ccc(O)cc4)oc4cc(O)cc(O)c4c3=O)C(O[C@@H]3OC[C@@H](O[C@H]4OC(CO)[C@@H](O[C@H]5OC(CO)[C@@H](O)[C@H](O)C5O)[C@H](O)C4O)[C@H](O)C3O)[C@@H](O)[C@@H]2O)C(O)[C@@H](O)[C@H]1O. The van der Waals surface area contributed by atoms with Gasteiger partial charge in [0.15, 0.2) is 37.0 Å². The molecule has 73 heavy (non-hydrogen) atoms. The average Bonchev–Trinajstić information content (AvgIpc) is 3.36. The fraction of sp³-hybridized carbons (Fsp3) is 0.659. The van der Waals surface area contributed by atoms with Crippen LogP contribution in [-0.4, -0.2) is 261 Å². The maximum Gasteiger partial charge on any atom is 0.239 e. The molecule has 0 amide bonds. The van der Waals surface area contributed by atoms with E-state index in [4.69, 9.17) is 51.8 Å². The molecule has 8 rings (SSSR count). The van der Waals surface area contributed by atoms with E-state index in [0.717, 1.165) is 12.1 Å². The van der Waals surface area contributed by atoms with Gasteiger partial charge in [-0.2, -0.15) is 0 Å². The van der Waals surface area contributed by atoms with Crippen LogP contribution in [0.25, 0.3) is 22.3 Å². The van der Waals surface area contributed by atoms with E-state index in [-0.39, 0.29) is 16.9 Å². The molecule has 0 spiro atoms. The second-order valence-corrected chi connectivity index (χ2v) is 18.1. The smallest absolute Gasteiger partial charge is 0.239 e. The van der Waals surface area contributed by atoms with Crippen molar-refractivity contribution in [2.45, 2.75) is 154 Å². The van der Waals surface area contributed by atoms with Gasteiger partial charge in [-0.15, -0.1) is 0 Å². The van der Waals surface area contributed by atoms with Gasteiger partial charge in [-0.1, -0.05) is 0 Å². The summed E-state index contributed by atoms with van der Waals surface area (Å²) in [5.74, 6) is -2.65. The summed E-state index contributed by atoms with van der Waals surface area (Å²) in [6.07, 6.45) is -43.7. The molecule has 5 aliphatic heterocycles. The van der Waals surface area contributed by atoms with Gasteiger partial charge in [-0.05, 0) is 31.2 Å². The van der Waals surface area contributed by atoms with Crippen LogP contribution in [0.2, 0.25) is 0 Å². The topological polar surface area (TPSA) is 466 Å². The van der Waals surface area contributed by atoms with E-state index in [0.29, 0.717) is 0 Å². The number of hydrogen-bond acceptors (Lipinski definition) is 29. The van der Waals surface area contributed by atoms with Crippen molar-refractivity contribution in [3.63, 3.8) is 0 Å². The van der Waals surface area contributed by atoms with Crippen LogP contribution in [-0.2, 0) is 42.6 Å². The number of aliphatic hydroxyl groups excluding tert-OH is 14. The van der Waals surface area contributed by atoms with E-state index in [9.17, 15) is 91.6 Å². The van der Waals surface area contributed by atoms with Crippen molar-refractivity contribution in [2.75, 3.05) is 26.4 Å². The molecule has 5 fully saturated rings. The molecule has 24 atom stereocenters. The molecular weight excluding hydrogens is 992 g/mol. The summed E-state index contributed by atoms with van der Waals surface area (Å²) in [5, 5.41) is 180. The highest BCUT2D eigenvalue weighted by Gasteiger charge is 2.55. The molecular formula is C44H58O29. The summed E-state index contributed by atoms with van der Waals surface area (Å²) in [5.41, 5.74) is -1.39. The Labute approximate surface area is 410 Å². The molecule has 0 bridgehead atoms. The predicted octanol–water partition coefficient (Wildman–Crippen LogP) is -7.28. The Balaban J connectivity index is 1.02. The summed E-state index contributed by atoms with van der Waals surface area (Å²) in [6.45, 7) is -1.88. The lowest BCUT2D eigenvalue weighted by molar-refractivity contribution is -0.379. The lowest BCUT2D eigenvalue weighted by atomic mass is 9.96. The highest BCUT2D eigenvalue weighted by atomic mass is 16.8. The number of rotatable bonds is 14. The van der Waals surface area contributed by atoms with E-state index in [2.05, 4.69) is 0 Å². The fourth-order valence-corrected chi connectivity index (χ4v) is 8.92. The largest absolute Gasteiger partial charge is 0.508 e. The number of aromatic hydroxyl groups is 3. The van der Waals surface area contributed by atoms with Gasteiger partial charge in [-0.3, -0.25) is 4.79 Å². The normalized spacial score (nSPS) is 42.5. The van der Waals surface area contributed by atoms with Crippen LogP contribution in [0.3, 0.4) is 0 Å². The predicted molar refractivity (Wildman–Crippen MR) is 230 cm³/mol. The number of phenols is 3. The molecule has 408 valence electrons. The summed E-state index contributed by atoms with van der Waals surface area (Å²) >= 11 is 0. The van der Waals surface area contributed by atoms with Gasteiger partial charge >= 0.3 is 0 Å². The summed E-state index contributed by atoms with van der Waals surface area (Å²) in [6, 6.07) is 6.87. The molecule has 1 aromatic heterocycles. The Bertz CT molecular complexity index is 2370. The zero-order chi connectivity index (χ0) is 52.9. The third-order valence-electron chi connectivity index (χ3n) is 13.2. The number of ether oxygens (including phenoxy) is 10. The highest BCUT2D eigenvalue weighted by molar-refractivity contribution is 5.88. The van der Waals surface area contributed by atoms with Crippen molar-refractivity contribution in [3.05, 3.63) is 46.6 Å². The lowest BCUT2D eigenvalue weighted by Crippen LogP contribution is -2.66. The van der Waals surface area contributed by atoms with E-state index in [1.165, 1.54) is 31.2 Å². The summed E-state index contributed by atoms with van der Waals surface area (Å²) in [7, 11) is 0. The quantitative estimate of drug-likeness (QED) is 0.0713. The van der Waals surface area contributed by atoms with Crippen LogP contribution in [0.1, 0.15) is 6.92 Å². The van der Waals surface area contributed by atoms with Crippen molar-refractivity contribution >= 4 is 11.0 Å². The standard InChI is InChI=1S/C44H58O29/c1-12-23(50)28(55)33(60)40(65-12)63-10-20-25(52)30(57)39(44(70-20)72-38-27(54)22-16(49)6-15(48)7-17(22)66-36(38)13-2-4-14(47)5-3-13)73-41-32(59)26(53)21(11-64-41)69-42-35(62)31(58)37(19(9-46)68-42)71-43-34(61)29(56)24(51)18(8-45)67-43/h2-7,12,18-21,23-26,28-35,37,39-53,55-62H,8-11H2,1H3/t12?,18?,19?,20?,21-,23+,24-,25-,26+,28+,29+,30+,31-,32?,33?,34?,35?,37-,39?,40-,41+,42-,43-,44+/m1/s1. The van der Waals surface area contributed by atoms with Crippen molar-refractivity contribution in [1.29, 1.82) is 0 Å². The molecule has 5 aliphatic rings. The monoisotopic (exact) mass is 1050 g/mol. The Morgan fingerprint density at radius 1 is 0.548 bits per heavy atom. The maximum absolute atomic E-state index is 14.3. The van der Waals surface area contributed by atoms with Crippen molar-refractivity contribution in [2.24, 2.45) is 0 Å². The second-order valence-electron chi connectivity index (χ2n) is 18.1. The minimum absolute atomic E-state index is 0.0589. The van der Waals surface area contributed by atoms with Crippen LogP contribution in [0.5, 0.6) is 23.0 Å². The van der Waals surface area contributed by atoms with Crippen LogP contribution >= 0.6 is 0 Å². The molecule has 6 heterocycles. The number of hydrogen-bond donors (Lipinski definition) is 17. The third kappa shape index (κ3) is 11.0. The van der Waals surface area contributed by atoms with Gasteiger partial charge in [0, 0.05) is 17.7 Å². The molecule has 0 saturated carbocycles. The molecule has 17 N–H and O–H groups in total. The highest BCUT2D eigenvalue weighted by Crippen LogP contribution is 2.39. The van der Waals surface area contributed by atoms with Gasteiger partial charge in [0.25, 0.3) is 0 Å². The van der Waals surface area contributed by atoms with Gasteiger partial charge in [0.1, 0.15) is 132 Å². The second kappa shape index (κ2) is 22.6. The Hall–Kier alpha value is -4.07. The number of phenolic OH excluding ortho intramolecular Hbond substituents is 3. The maximum atomic E-state index is 14.3. The summed E-state index contributed by atoms with van der Waals surface area (Å²) in [4.78, 5) is 14.3. The Morgan fingerprint density at radius 3 is 1.79 bits per heavy atom. The van der Waals surface area contributed by atoms with E-state index in [1.54, 1.807) is 0 Å². The van der Waals surface area contributed by atoms with Gasteiger partial charge in [0.2, 0.25) is 17.5 Å². The first kappa shape index (κ1) is 55.2.